The number of nitrogens with one attached hydrogen (secondary N) is 3. The van der Waals surface area contributed by atoms with E-state index in [4.69, 9.17) is 0 Å². The summed E-state index contributed by atoms with van der Waals surface area (Å²) in [5.41, 5.74) is 3.13. The minimum absolute atomic E-state index is 0.0371. The second kappa shape index (κ2) is 5.63. The normalized spacial score (nSPS) is 21.2. The number of benzene rings is 1. The number of carbonyl (C=O) groups excluding carboxylic acids is 2. The molecule has 2 amide bonds. The Hall–Kier alpha value is -1.88. The lowest BCUT2D eigenvalue weighted by Crippen LogP contribution is -2.39. The number of rotatable bonds is 3. The van der Waals surface area contributed by atoms with Crippen molar-refractivity contribution in [3.05, 3.63) is 34.9 Å². The van der Waals surface area contributed by atoms with Crippen LogP contribution in [-0.4, -0.2) is 30.9 Å². The van der Waals surface area contributed by atoms with Crippen LogP contribution in [0.25, 0.3) is 0 Å². The van der Waals surface area contributed by atoms with Crippen molar-refractivity contribution in [1.82, 2.24) is 16.0 Å². The van der Waals surface area contributed by atoms with Crippen LogP contribution in [0, 0.1) is 0 Å². The van der Waals surface area contributed by atoms with Crippen LogP contribution in [0.1, 0.15) is 34.3 Å². The SMILES string of the molecule is O=C1CCC(CNC(=O)c2cccc3c2CCNC3)N1. The minimum atomic E-state index is -0.0371. The Bertz CT molecular complexity index is 542. The number of fused-ring (bicyclic) bond motifs is 1. The Balaban J connectivity index is 1.66. The average Bonchev–Trinajstić information content (AvgIpc) is 2.90. The van der Waals surface area contributed by atoms with Crippen LogP contribution >= 0.6 is 0 Å². The quantitative estimate of drug-likeness (QED) is 0.744. The van der Waals surface area contributed by atoms with Crippen LogP contribution in [0.3, 0.4) is 0 Å². The molecular formula is C15H19N3O2. The molecule has 1 unspecified atom stereocenters. The van der Waals surface area contributed by atoms with Gasteiger partial charge in [0.2, 0.25) is 5.91 Å². The maximum absolute atomic E-state index is 12.3. The molecule has 106 valence electrons. The summed E-state index contributed by atoms with van der Waals surface area (Å²) in [5, 5.41) is 9.11. The fourth-order valence-corrected chi connectivity index (χ4v) is 2.89. The molecule has 3 N–H and O–H groups in total. The minimum Gasteiger partial charge on any atom is -0.352 e. The van der Waals surface area contributed by atoms with Crippen LogP contribution in [-0.2, 0) is 17.8 Å². The predicted molar refractivity (Wildman–Crippen MR) is 75.4 cm³/mol. The van der Waals surface area contributed by atoms with Crippen molar-refractivity contribution in [2.45, 2.75) is 31.8 Å². The summed E-state index contributed by atoms with van der Waals surface area (Å²) in [4.78, 5) is 23.4. The predicted octanol–water partition coefficient (Wildman–Crippen LogP) is 0.341. The number of hydrogen-bond acceptors (Lipinski definition) is 3. The van der Waals surface area contributed by atoms with E-state index in [2.05, 4.69) is 22.0 Å². The van der Waals surface area contributed by atoms with Gasteiger partial charge < -0.3 is 16.0 Å². The molecule has 1 saturated heterocycles. The summed E-state index contributed by atoms with van der Waals surface area (Å²) in [5.74, 6) is 0.0392. The van der Waals surface area contributed by atoms with Crippen LogP contribution in [0.5, 0.6) is 0 Å². The lowest BCUT2D eigenvalue weighted by Gasteiger charge is -2.20. The average molecular weight is 273 g/mol. The van der Waals surface area contributed by atoms with Gasteiger partial charge in [0.1, 0.15) is 0 Å². The van der Waals surface area contributed by atoms with Crippen molar-refractivity contribution in [2.24, 2.45) is 0 Å². The third kappa shape index (κ3) is 2.67. The molecule has 2 aliphatic heterocycles. The van der Waals surface area contributed by atoms with E-state index in [-0.39, 0.29) is 17.9 Å². The zero-order valence-corrected chi connectivity index (χ0v) is 11.4. The Morgan fingerprint density at radius 2 is 2.25 bits per heavy atom. The first kappa shape index (κ1) is 13.1. The Morgan fingerprint density at radius 1 is 1.35 bits per heavy atom. The van der Waals surface area contributed by atoms with Gasteiger partial charge >= 0.3 is 0 Å². The maximum atomic E-state index is 12.3. The second-order valence-corrected chi connectivity index (χ2v) is 5.38. The first-order valence-corrected chi connectivity index (χ1v) is 7.13. The third-order valence-corrected chi connectivity index (χ3v) is 3.98. The van der Waals surface area contributed by atoms with Crippen LogP contribution in [0.2, 0.25) is 0 Å². The third-order valence-electron chi connectivity index (χ3n) is 3.98. The Labute approximate surface area is 118 Å². The first-order valence-electron chi connectivity index (χ1n) is 7.13. The van der Waals surface area contributed by atoms with E-state index < -0.39 is 0 Å². The van der Waals surface area contributed by atoms with Gasteiger partial charge in [-0.1, -0.05) is 12.1 Å². The molecule has 20 heavy (non-hydrogen) atoms. The molecule has 5 heteroatoms. The van der Waals surface area contributed by atoms with Crippen molar-refractivity contribution in [3.63, 3.8) is 0 Å². The highest BCUT2D eigenvalue weighted by atomic mass is 16.2. The lowest BCUT2D eigenvalue weighted by atomic mass is 9.95. The fraction of sp³-hybridized carbons (Fsp3) is 0.467. The molecular weight excluding hydrogens is 254 g/mol. The second-order valence-electron chi connectivity index (χ2n) is 5.38. The summed E-state index contributed by atoms with van der Waals surface area (Å²) in [6.07, 6.45) is 2.25. The summed E-state index contributed by atoms with van der Waals surface area (Å²) >= 11 is 0. The number of carbonyl (C=O) groups is 2. The highest BCUT2D eigenvalue weighted by Crippen LogP contribution is 2.18. The summed E-state index contributed by atoms with van der Waals surface area (Å²) < 4.78 is 0. The highest BCUT2D eigenvalue weighted by molar-refractivity contribution is 5.96. The first-order chi connectivity index (χ1) is 9.74. The summed E-state index contributed by atoms with van der Waals surface area (Å²) in [6, 6.07) is 5.95. The van der Waals surface area contributed by atoms with Crippen molar-refractivity contribution < 1.29 is 9.59 Å². The van der Waals surface area contributed by atoms with Gasteiger partial charge in [-0.15, -0.1) is 0 Å². The van der Waals surface area contributed by atoms with Gasteiger partial charge in [0.05, 0.1) is 0 Å². The molecule has 0 aliphatic carbocycles. The van der Waals surface area contributed by atoms with Gasteiger partial charge in [0, 0.05) is 31.1 Å². The van der Waals surface area contributed by atoms with Gasteiger partial charge in [0.25, 0.3) is 5.91 Å². The molecule has 5 nitrogen and oxygen atoms in total. The zero-order chi connectivity index (χ0) is 13.9. The van der Waals surface area contributed by atoms with Crippen LogP contribution in [0.4, 0.5) is 0 Å². The van der Waals surface area contributed by atoms with Gasteiger partial charge in [-0.05, 0) is 36.6 Å². The van der Waals surface area contributed by atoms with Crippen molar-refractivity contribution in [1.29, 1.82) is 0 Å². The molecule has 3 rings (SSSR count). The molecule has 0 radical (unpaired) electrons. The molecule has 1 atom stereocenters. The van der Waals surface area contributed by atoms with E-state index in [9.17, 15) is 9.59 Å². The molecule has 1 aromatic carbocycles. The summed E-state index contributed by atoms with van der Waals surface area (Å²) in [6.45, 7) is 2.25. The Kier molecular flexibility index (Phi) is 3.69. The number of hydrogen-bond donors (Lipinski definition) is 3. The Morgan fingerprint density at radius 3 is 3.05 bits per heavy atom. The highest BCUT2D eigenvalue weighted by Gasteiger charge is 2.22. The van der Waals surface area contributed by atoms with E-state index in [1.54, 1.807) is 0 Å². The van der Waals surface area contributed by atoms with Gasteiger partial charge in [-0.25, -0.2) is 0 Å². The standard InChI is InChI=1S/C15H19N3O2/c19-14-5-4-11(18-14)9-17-15(20)13-3-1-2-10-8-16-7-6-12(10)13/h1-3,11,16H,4-9H2,(H,17,20)(H,18,19). The molecule has 1 aromatic rings. The van der Waals surface area contributed by atoms with Crippen LogP contribution in [0.15, 0.2) is 18.2 Å². The van der Waals surface area contributed by atoms with Gasteiger partial charge in [-0.3, -0.25) is 9.59 Å². The largest absolute Gasteiger partial charge is 0.352 e. The van der Waals surface area contributed by atoms with Gasteiger partial charge in [-0.2, -0.15) is 0 Å². The fourth-order valence-electron chi connectivity index (χ4n) is 2.89. The van der Waals surface area contributed by atoms with Crippen molar-refractivity contribution in [2.75, 3.05) is 13.1 Å². The molecule has 0 spiro atoms. The van der Waals surface area contributed by atoms with E-state index >= 15 is 0 Å². The monoisotopic (exact) mass is 273 g/mol. The zero-order valence-electron chi connectivity index (χ0n) is 11.4. The molecule has 0 bridgehead atoms. The maximum Gasteiger partial charge on any atom is 0.251 e. The van der Waals surface area contributed by atoms with E-state index in [0.29, 0.717) is 13.0 Å². The van der Waals surface area contributed by atoms with Gasteiger partial charge in [0.15, 0.2) is 0 Å². The number of amides is 2. The van der Waals surface area contributed by atoms with Crippen LogP contribution < -0.4 is 16.0 Å². The molecule has 2 aliphatic rings. The molecule has 1 fully saturated rings. The topological polar surface area (TPSA) is 70.2 Å². The summed E-state index contributed by atoms with van der Waals surface area (Å²) in [7, 11) is 0. The molecule has 0 saturated carbocycles. The lowest BCUT2D eigenvalue weighted by molar-refractivity contribution is -0.119. The van der Waals surface area contributed by atoms with E-state index in [0.717, 1.165) is 37.1 Å². The smallest absolute Gasteiger partial charge is 0.251 e. The molecule has 0 aromatic heterocycles. The van der Waals surface area contributed by atoms with Crippen molar-refractivity contribution >= 4 is 11.8 Å². The van der Waals surface area contributed by atoms with E-state index in [1.807, 2.05) is 12.1 Å². The van der Waals surface area contributed by atoms with Crippen molar-refractivity contribution in [3.8, 4) is 0 Å². The van der Waals surface area contributed by atoms with E-state index in [1.165, 1.54) is 5.56 Å². The molecule has 2 heterocycles.